The van der Waals surface area contributed by atoms with E-state index in [1.165, 1.54) is 16.7 Å². The van der Waals surface area contributed by atoms with E-state index in [0.717, 1.165) is 6.20 Å². The van der Waals surface area contributed by atoms with Crippen LogP contribution in [0.25, 0.3) is 11.2 Å². The zero-order valence-corrected chi connectivity index (χ0v) is 14.8. The van der Waals surface area contributed by atoms with E-state index in [1.54, 1.807) is 26.8 Å². The molecule has 8 heteroatoms. The van der Waals surface area contributed by atoms with Gasteiger partial charge in [0.2, 0.25) is 5.95 Å². The number of imidazole rings is 1. The zero-order valence-electron chi connectivity index (χ0n) is 14.8. The van der Waals surface area contributed by atoms with E-state index < -0.39 is 23.6 Å². The van der Waals surface area contributed by atoms with Crippen LogP contribution in [0.4, 0.5) is 23.7 Å². The van der Waals surface area contributed by atoms with Crippen molar-refractivity contribution in [3.8, 4) is 0 Å². The van der Waals surface area contributed by atoms with Crippen LogP contribution in [0, 0.1) is 5.95 Å². The number of halogens is 3. The summed E-state index contributed by atoms with van der Waals surface area (Å²) >= 11 is 0. The van der Waals surface area contributed by atoms with E-state index >= 15 is 0 Å². The summed E-state index contributed by atoms with van der Waals surface area (Å²) in [7, 11) is 0. The average Bonchev–Trinajstić information content (AvgIpc) is 2.86. The number of alkyl halides is 2. The Kier molecular flexibility index (Phi) is 4.46. The normalized spacial score (nSPS) is 17.1. The summed E-state index contributed by atoms with van der Waals surface area (Å²) in [6, 6.07) is 1.60. The molecular formula is C18H20F3N3O2. The van der Waals surface area contributed by atoms with Crippen molar-refractivity contribution in [3.05, 3.63) is 36.0 Å². The van der Waals surface area contributed by atoms with E-state index in [-0.39, 0.29) is 24.9 Å². The fourth-order valence-electron chi connectivity index (χ4n) is 2.82. The van der Waals surface area contributed by atoms with Gasteiger partial charge in [-0.2, -0.15) is 4.39 Å². The van der Waals surface area contributed by atoms with Gasteiger partial charge >= 0.3 is 6.09 Å². The minimum Gasteiger partial charge on any atom is -0.444 e. The van der Waals surface area contributed by atoms with Crippen LogP contribution in [0.3, 0.4) is 0 Å². The summed E-state index contributed by atoms with van der Waals surface area (Å²) in [5.41, 5.74) is 1.08. The van der Waals surface area contributed by atoms with Crippen molar-refractivity contribution >= 4 is 23.0 Å². The second kappa shape index (κ2) is 6.34. The van der Waals surface area contributed by atoms with Crippen LogP contribution in [0.1, 0.15) is 45.6 Å². The van der Waals surface area contributed by atoms with Crippen molar-refractivity contribution < 1.29 is 22.7 Å². The van der Waals surface area contributed by atoms with Gasteiger partial charge in [-0.1, -0.05) is 6.08 Å². The minimum absolute atomic E-state index is 0.146. The van der Waals surface area contributed by atoms with Gasteiger partial charge in [0.1, 0.15) is 11.2 Å². The van der Waals surface area contributed by atoms with Gasteiger partial charge in [-0.05, 0) is 38.8 Å². The molecule has 0 spiro atoms. The third-order valence-electron chi connectivity index (χ3n) is 3.96. The summed E-state index contributed by atoms with van der Waals surface area (Å²) in [5, 5.41) is 2.55. The number of amides is 1. The predicted octanol–water partition coefficient (Wildman–Crippen LogP) is 5.02. The van der Waals surface area contributed by atoms with Crippen molar-refractivity contribution in [1.82, 2.24) is 9.38 Å². The Morgan fingerprint density at radius 2 is 2.12 bits per heavy atom. The molecule has 0 saturated heterocycles. The Hall–Kier alpha value is -2.51. The van der Waals surface area contributed by atoms with Gasteiger partial charge < -0.3 is 4.74 Å². The molecule has 0 bridgehead atoms. The molecule has 0 atom stereocenters. The first-order valence-corrected chi connectivity index (χ1v) is 8.28. The number of rotatable bonds is 2. The highest BCUT2D eigenvalue weighted by atomic mass is 19.3. The number of carbonyl (C=O) groups is 1. The van der Waals surface area contributed by atoms with E-state index in [9.17, 15) is 18.0 Å². The van der Waals surface area contributed by atoms with E-state index in [1.807, 2.05) is 0 Å². The first kappa shape index (κ1) is 18.3. The van der Waals surface area contributed by atoms with Crippen molar-refractivity contribution in [3.63, 3.8) is 0 Å². The number of pyridine rings is 1. The Labute approximate surface area is 148 Å². The zero-order chi connectivity index (χ0) is 19.1. The number of ether oxygens (including phenoxy) is 1. The van der Waals surface area contributed by atoms with Crippen molar-refractivity contribution in [2.45, 2.75) is 51.6 Å². The topological polar surface area (TPSA) is 55.6 Å². The highest BCUT2D eigenvalue weighted by Gasteiger charge is 2.32. The molecule has 1 amide bonds. The lowest BCUT2D eigenvalue weighted by Crippen LogP contribution is -2.27. The molecule has 5 nitrogen and oxygen atoms in total. The lowest BCUT2D eigenvalue weighted by Gasteiger charge is -2.22. The molecule has 0 saturated carbocycles. The van der Waals surface area contributed by atoms with Gasteiger partial charge in [0.15, 0.2) is 0 Å². The fraction of sp³-hybridized carbons (Fsp3) is 0.444. The summed E-state index contributed by atoms with van der Waals surface area (Å²) in [6.07, 6.45) is 2.68. The smallest absolute Gasteiger partial charge is 0.412 e. The third kappa shape index (κ3) is 4.00. The molecule has 1 N–H and O–H groups in total. The van der Waals surface area contributed by atoms with Crippen LogP contribution in [0.2, 0.25) is 0 Å². The summed E-state index contributed by atoms with van der Waals surface area (Å²) in [4.78, 5) is 16.0. The van der Waals surface area contributed by atoms with E-state index in [0.29, 0.717) is 16.8 Å². The molecule has 2 heterocycles. The molecule has 26 heavy (non-hydrogen) atoms. The van der Waals surface area contributed by atoms with Gasteiger partial charge in [0.05, 0.1) is 11.9 Å². The largest absolute Gasteiger partial charge is 0.444 e. The molecule has 0 aromatic carbocycles. The molecular weight excluding hydrogens is 347 g/mol. The number of aromatic nitrogens is 2. The molecule has 0 radical (unpaired) electrons. The van der Waals surface area contributed by atoms with Gasteiger partial charge in [-0.25, -0.2) is 18.6 Å². The quantitative estimate of drug-likeness (QED) is 0.811. The number of hydrogen-bond donors (Lipinski definition) is 1. The van der Waals surface area contributed by atoms with E-state index in [2.05, 4.69) is 10.3 Å². The van der Waals surface area contributed by atoms with Crippen LogP contribution in [-0.2, 0) is 4.74 Å². The molecule has 0 unspecified atom stereocenters. The molecule has 1 aliphatic carbocycles. The van der Waals surface area contributed by atoms with Crippen molar-refractivity contribution in [2.75, 3.05) is 5.32 Å². The van der Waals surface area contributed by atoms with Crippen LogP contribution < -0.4 is 5.32 Å². The maximum atomic E-state index is 14.0. The van der Waals surface area contributed by atoms with Gasteiger partial charge in [-0.15, -0.1) is 0 Å². The molecule has 1 aliphatic rings. The monoisotopic (exact) mass is 367 g/mol. The number of nitrogens with zero attached hydrogens (tertiary/aromatic N) is 2. The fourth-order valence-corrected chi connectivity index (χ4v) is 2.82. The standard InChI is InChI=1S/C18H20F3N3O2/c1-17(2,3)26-16(25)23-12-8-13(11-4-6-18(20,21)7-5-11)15-22-9-14(19)24(15)10-12/h4,8-10H,5-7H2,1-3H3,(H,23,25). The second-order valence-electron chi connectivity index (χ2n) is 7.33. The summed E-state index contributed by atoms with van der Waals surface area (Å²) in [5.74, 6) is -3.34. The number of nitrogens with one attached hydrogen (secondary N) is 1. The highest BCUT2D eigenvalue weighted by Crippen LogP contribution is 2.38. The molecule has 0 fully saturated rings. The minimum atomic E-state index is -2.73. The van der Waals surface area contributed by atoms with Crippen molar-refractivity contribution in [1.29, 1.82) is 0 Å². The van der Waals surface area contributed by atoms with Crippen LogP contribution in [0.15, 0.2) is 24.5 Å². The van der Waals surface area contributed by atoms with Crippen LogP contribution in [0.5, 0.6) is 0 Å². The lowest BCUT2D eigenvalue weighted by molar-refractivity contribution is -0.00603. The van der Waals surface area contributed by atoms with Gasteiger partial charge in [-0.3, -0.25) is 9.72 Å². The van der Waals surface area contributed by atoms with Gasteiger partial charge in [0, 0.05) is 24.6 Å². The number of allylic oxidation sites excluding steroid dienone is 2. The number of hydrogen-bond acceptors (Lipinski definition) is 3. The Morgan fingerprint density at radius 3 is 2.73 bits per heavy atom. The summed E-state index contributed by atoms with van der Waals surface area (Å²) < 4.78 is 47.2. The molecule has 3 rings (SSSR count). The van der Waals surface area contributed by atoms with Crippen LogP contribution >= 0.6 is 0 Å². The number of carbonyl (C=O) groups excluding carboxylic acids is 1. The number of fused-ring (bicyclic) bond motifs is 1. The first-order chi connectivity index (χ1) is 12.0. The van der Waals surface area contributed by atoms with Crippen LogP contribution in [-0.4, -0.2) is 27.0 Å². The maximum Gasteiger partial charge on any atom is 0.412 e. The lowest BCUT2D eigenvalue weighted by atomic mass is 9.92. The average molecular weight is 367 g/mol. The summed E-state index contributed by atoms with van der Waals surface area (Å²) in [6.45, 7) is 5.18. The maximum absolute atomic E-state index is 14.0. The molecule has 2 aromatic rings. The van der Waals surface area contributed by atoms with E-state index in [4.69, 9.17) is 4.74 Å². The molecule has 0 aliphatic heterocycles. The first-order valence-electron chi connectivity index (χ1n) is 8.28. The Balaban J connectivity index is 1.98. The molecule has 2 aromatic heterocycles. The SMILES string of the molecule is CC(C)(C)OC(=O)Nc1cc(C2=CCC(F)(F)CC2)c2ncc(F)n2c1. The Morgan fingerprint density at radius 1 is 1.38 bits per heavy atom. The predicted molar refractivity (Wildman–Crippen MR) is 91.8 cm³/mol. The highest BCUT2D eigenvalue weighted by molar-refractivity contribution is 5.87. The molecule has 140 valence electrons. The third-order valence-corrected chi connectivity index (χ3v) is 3.96. The second-order valence-corrected chi connectivity index (χ2v) is 7.33. The van der Waals surface area contributed by atoms with Crippen molar-refractivity contribution in [2.24, 2.45) is 0 Å². The van der Waals surface area contributed by atoms with Gasteiger partial charge in [0.25, 0.3) is 5.92 Å². The Bertz CT molecular complexity index is 882. The number of anilines is 1.